The average Bonchev–Trinajstić information content (AvgIpc) is 3.12. The number of aliphatic hydroxyl groups is 1. The Balaban J connectivity index is -0.000000401. The molecule has 0 radical (unpaired) electrons. The van der Waals surface area contributed by atoms with Gasteiger partial charge in [-0.3, -0.25) is 62.3 Å². The SMILES string of the molecule is CC(=O)NC(CC(=O)O)C(=O)CC(CCC(=O)O)C(=O)O.CC(=O)NC(CC(=O)O)C(=O)O.CC(=O)NC(CC(=O)O)C(C)(O)CC(CCC(=O)O)C(=O)O.NC(CCC(=O)O)C(=O)O. The molecule has 7 atom stereocenters. The van der Waals surface area contributed by atoms with E-state index in [0.717, 1.165) is 20.8 Å². The van der Waals surface area contributed by atoms with Crippen LogP contribution < -0.4 is 21.7 Å². The first-order chi connectivity index (χ1) is 29.5. The molecular formula is C36H56N4O25. The monoisotopic (exact) mass is 944 g/mol. The topological polar surface area (TPSA) is 524 Å². The van der Waals surface area contributed by atoms with Crippen LogP contribution in [0.4, 0.5) is 0 Å². The summed E-state index contributed by atoms with van der Waals surface area (Å²) in [6.45, 7) is 4.58. The number of amides is 3. The maximum absolute atomic E-state index is 11.9. The van der Waals surface area contributed by atoms with Crippen LogP contribution in [0.5, 0.6) is 0 Å². The van der Waals surface area contributed by atoms with E-state index in [1.54, 1.807) is 0 Å². The number of ketones is 1. The van der Waals surface area contributed by atoms with Crippen LogP contribution >= 0.6 is 0 Å². The lowest BCUT2D eigenvalue weighted by Gasteiger charge is -2.34. The van der Waals surface area contributed by atoms with Crippen LogP contribution in [0.3, 0.4) is 0 Å². The third-order valence-corrected chi connectivity index (χ3v) is 7.91. The zero-order valence-corrected chi connectivity index (χ0v) is 35.5. The zero-order chi connectivity index (χ0) is 51.9. The molecule has 0 spiro atoms. The second-order valence-corrected chi connectivity index (χ2v) is 13.9. The summed E-state index contributed by atoms with van der Waals surface area (Å²) in [5.41, 5.74) is 3.19. The standard InChI is InChI=1S/C13H21NO8.C12H17NO8.C6H9NO5.C5H9NO4/c1-7(15)14-9(5-11(18)19)13(2,22)6-8(12(20)21)3-4-10(16)17;1-6(14)13-8(5-11(18)19)9(15)4-7(12(20)21)2-3-10(16)17;1-3(8)7-4(6(11)12)2-5(9)10;6-3(5(9)10)1-2-4(7)8/h8-9,22H,3-6H2,1-2H3,(H,14,15)(H,16,17)(H,18,19)(H,20,21);7-8H,2-5H2,1H3,(H,13,14)(H,16,17)(H,18,19)(H,20,21);4H,2H2,1H3,(H,7,8)(H,9,10)(H,11,12);3H,1-2,6H2,(H,7,8)(H,9,10). The van der Waals surface area contributed by atoms with Crippen molar-refractivity contribution in [1.82, 2.24) is 16.0 Å². The first-order valence-corrected chi connectivity index (χ1v) is 18.6. The Hall–Kier alpha value is -7.30. The van der Waals surface area contributed by atoms with Gasteiger partial charge in [0.2, 0.25) is 17.7 Å². The Labute approximate surface area is 368 Å². The van der Waals surface area contributed by atoms with Crippen LogP contribution in [-0.4, -0.2) is 169 Å². The van der Waals surface area contributed by atoms with E-state index < -0.39 is 163 Å². The first kappa shape index (κ1) is 64.3. The molecule has 7 unspecified atom stereocenters. The van der Waals surface area contributed by atoms with Crippen molar-refractivity contribution < 1.29 is 123 Å². The molecule has 0 heterocycles. The fourth-order valence-electron chi connectivity index (χ4n) is 4.78. The van der Waals surface area contributed by atoms with Crippen molar-refractivity contribution in [2.75, 3.05) is 0 Å². The number of aliphatic carboxylic acids is 10. The molecule has 3 amide bonds. The van der Waals surface area contributed by atoms with Gasteiger partial charge < -0.3 is 77.9 Å². The molecule has 0 bridgehead atoms. The summed E-state index contributed by atoms with van der Waals surface area (Å²) in [4.78, 5) is 149. The summed E-state index contributed by atoms with van der Waals surface area (Å²) in [5.74, 6) is -17.3. The number of carbonyl (C=O) groups excluding carboxylic acids is 4. The Morgan fingerprint density at radius 3 is 1.12 bits per heavy atom. The summed E-state index contributed by atoms with van der Waals surface area (Å²) in [7, 11) is 0. The van der Waals surface area contributed by atoms with Crippen LogP contribution in [0.1, 0.15) is 98.3 Å². The number of carboxylic acid groups (broad SMARTS) is 10. The summed E-state index contributed by atoms with van der Waals surface area (Å²) in [6.07, 6.45) is -4.29. The third kappa shape index (κ3) is 38.1. The van der Waals surface area contributed by atoms with E-state index in [1.165, 1.54) is 6.92 Å². The minimum Gasteiger partial charge on any atom is -0.481 e. The molecule has 0 saturated heterocycles. The highest BCUT2D eigenvalue weighted by Gasteiger charge is 2.38. The molecule has 0 aliphatic carbocycles. The highest BCUT2D eigenvalue weighted by molar-refractivity contribution is 5.93. The predicted molar refractivity (Wildman–Crippen MR) is 211 cm³/mol. The number of rotatable bonds is 28. The second-order valence-electron chi connectivity index (χ2n) is 13.9. The molecule has 0 rings (SSSR count). The molecule has 29 heteroatoms. The molecule has 0 aromatic carbocycles. The van der Waals surface area contributed by atoms with Gasteiger partial charge in [-0.1, -0.05) is 0 Å². The molecule has 29 nitrogen and oxygen atoms in total. The van der Waals surface area contributed by atoms with E-state index in [1.807, 2.05) is 5.32 Å². The largest absolute Gasteiger partial charge is 0.481 e. The third-order valence-electron chi connectivity index (χ3n) is 7.91. The van der Waals surface area contributed by atoms with Crippen molar-refractivity contribution in [3.8, 4) is 0 Å². The van der Waals surface area contributed by atoms with Gasteiger partial charge in [-0.15, -0.1) is 0 Å². The van der Waals surface area contributed by atoms with E-state index >= 15 is 0 Å². The Bertz CT molecular complexity index is 1660. The van der Waals surface area contributed by atoms with Crippen molar-refractivity contribution in [3.05, 3.63) is 0 Å². The van der Waals surface area contributed by atoms with E-state index in [0.29, 0.717) is 0 Å². The van der Waals surface area contributed by atoms with Gasteiger partial charge in [0.25, 0.3) is 0 Å². The second kappa shape index (κ2) is 33.3. The van der Waals surface area contributed by atoms with E-state index in [2.05, 4.69) is 10.6 Å². The molecule has 0 aliphatic rings. The maximum atomic E-state index is 11.9. The summed E-state index contributed by atoms with van der Waals surface area (Å²) < 4.78 is 0. The van der Waals surface area contributed by atoms with Crippen LogP contribution in [0, 0.1) is 11.8 Å². The minimum absolute atomic E-state index is 0.0231. The van der Waals surface area contributed by atoms with Gasteiger partial charge >= 0.3 is 59.7 Å². The number of hydrogen-bond donors (Lipinski definition) is 15. The normalized spacial score (nSPS) is 13.8. The lowest BCUT2D eigenvalue weighted by molar-refractivity contribution is -0.148. The molecule has 370 valence electrons. The van der Waals surface area contributed by atoms with Gasteiger partial charge in [0.1, 0.15) is 12.1 Å². The molecule has 0 aromatic heterocycles. The van der Waals surface area contributed by atoms with E-state index in [-0.39, 0.29) is 32.1 Å². The molecule has 0 saturated carbocycles. The Morgan fingerprint density at radius 1 is 0.446 bits per heavy atom. The molecular weight excluding hydrogens is 888 g/mol. The van der Waals surface area contributed by atoms with Crippen molar-refractivity contribution in [1.29, 1.82) is 0 Å². The fraction of sp³-hybridized carbons (Fsp3) is 0.611. The average molecular weight is 945 g/mol. The Morgan fingerprint density at radius 2 is 0.800 bits per heavy atom. The van der Waals surface area contributed by atoms with Gasteiger partial charge in [-0.25, -0.2) is 4.79 Å². The smallest absolute Gasteiger partial charge is 0.326 e. The molecule has 0 fully saturated rings. The van der Waals surface area contributed by atoms with Crippen molar-refractivity contribution in [2.24, 2.45) is 17.6 Å². The van der Waals surface area contributed by atoms with Crippen molar-refractivity contribution in [3.63, 3.8) is 0 Å². The predicted octanol–water partition coefficient (Wildman–Crippen LogP) is -2.52. The molecule has 16 N–H and O–H groups in total. The quantitative estimate of drug-likeness (QED) is 0.0385. The zero-order valence-electron chi connectivity index (χ0n) is 35.5. The summed E-state index contributed by atoms with van der Waals surface area (Å²) in [6, 6.07) is -4.92. The lowest BCUT2D eigenvalue weighted by atomic mass is 9.82. The van der Waals surface area contributed by atoms with Crippen LogP contribution in [0.25, 0.3) is 0 Å². The number of nitrogens with one attached hydrogen (secondary N) is 3. The van der Waals surface area contributed by atoms with Gasteiger partial charge in [0, 0.05) is 46.5 Å². The number of carbonyl (C=O) groups is 14. The van der Waals surface area contributed by atoms with Crippen molar-refractivity contribution >= 4 is 83.2 Å². The van der Waals surface area contributed by atoms with E-state index in [9.17, 15) is 72.2 Å². The molecule has 0 aliphatic heterocycles. The van der Waals surface area contributed by atoms with Gasteiger partial charge in [-0.2, -0.15) is 0 Å². The molecule has 0 aromatic rings. The van der Waals surface area contributed by atoms with Gasteiger partial charge in [-0.05, 0) is 32.6 Å². The number of hydrogen-bond acceptors (Lipinski definition) is 16. The minimum atomic E-state index is -1.81. The Kier molecular flexibility index (Phi) is 32.9. The van der Waals surface area contributed by atoms with E-state index in [4.69, 9.17) is 56.8 Å². The number of carboxylic acids is 10. The number of Topliss-reactive ketones (excluding diaryl/α,β-unsaturated/α-hetero) is 1. The van der Waals surface area contributed by atoms with Crippen LogP contribution in [0.15, 0.2) is 0 Å². The summed E-state index contributed by atoms with van der Waals surface area (Å²) >= 11 is 0. The summed E-state index contributed by atoms with van der Waals surface area (Å²) in [5, 5.41) is 102. The first-order valence-electron chi connectivity index (χ1n) is 18.6. The van der Waals surface area contributed by atoms with Gasteiger partial charge in [0.05, 0.1) is 48.8 Å². The lowest BCUT2D eigenvalue weighted by Crippen LogP contribution is -2.52. The van der Waals surface area contributed by atoms with Crippen molar-refractivity contribution in [2.45, 2.75) is 128 Å². The maximum Gasteiger partial charge on any atom is 0.326 e. The van der Waals surface area contributed by atoms with Crippen LogP contribution in [0.2, 0.25) is 0 Å². The highest BCUT2D eigenvalue weighted by Crippen LogP contribution is 2.26. The fourth-order valence-corrected chi connectivity index (χ4v) is 4.78. The highest BCUT2D eigenvalue weighted by atomic mass is 16.4. The molecule has 65 heavy (non-hydrogen) atoms. The number of nitrogens with two attached hydrogens (primary N) is 1. The van der Waals surface area contributed by atoms with Crippen LogP contribution in [-0.2, 0) is 67.1 Å². The van der Waals surface area contributed by atoms with Gasteiger partial charge in [0.15, 0.2) is 5.78 Å².